The lowest BCUT2D eigenvalue weighted by molar-refractivity contribution is -0.155. The van der Waals surface area contributed by atoms with Crippen molar-refractivity contribution in [3.63, 3.8) is 0 Å². The second-order valence-electron chi connectivity index (χ2n) is 6.94. The first-order valence-corrected chi connectivity index (χ1v) is 6.80. The molecule has 0 aromatic heterocycles. The second kappa shape index (κ2) is 4.10. The molecule has 2 nitrogen and oxygen atoms in total. The zero-order valence-electron chi connectivity index (χ0n) is 11.4. The van der Waals surface area contributed by atoms with Crippen LogP contribution >= 0.6 is 0 Å². The van der Waals surface area contributed by atoms with Gasteiger partial charge in [0.25, 0.3) is 0 Å². The fourth-order valence-corrected chi connectivity index (χ4v) is 4.29. The van der Waals surface area contributed by atoms with Gasteiger partial charge in [0, 0.05) is 6.42 Å². The summed E-state index contributed by atoms with van der Waals surface area (Å²) in [4.78, 5) is 0. The quantitative estimate of drug-likeness (QED) is 0.690. The molecule has 2 fully saturated rings. The Morgan fingerprint density at radius 1 is 1.29 bits per heavy atom. The third-order valence-corrected chi connectivity index (χ3v) is 5.22. The van der Waals surface area contributed by atoms with Gasteiger partial charge in [-0.3, -0.25) is 0 Å². The lowest BCUT2D eigenvalue weighted by Gasteiger charge is -2.55. The predicted octanol–water partition coefficient (Wildman–Crippen LogP) is 2.89. The average molecular weight is 238 g/mol. The molecule has 2 aliphatic carbocycles. The van der Waals surface area contributed by atoms with E-state index >= 15 is 0 Å². The first-order valence-electron chi connectivity index (χ1n) is 6.80. The van der Waals surface area contributed by atoms with Crippen LogP contribution < -0.4 is 0 Å². The van der Waals surface area contributed by atoms with Gasteiger partial charge in [-0.2, -0.15) is 0 Å². The van der Waals surface area contributed by atoms with Gasteiger partial charge >= 0.3 is 0 Å². The van der Waals surface area contributed by atoms with Crippen LogP contribution in [0.3, 0.4) is 0 Å². The Bertz CT molecular complexity index is 321. The van der Waals surface area contributed by atoms with E-state index in [2.05, 4.69) is 20.4 Å². The minimum Gasteiger partial charge on any atom is -0.393 e. The van der Waals surface area contributed by atoms with Crippen molar-refractivity contribution in [2.45, 2.75) is 64.6 Å². The minimum atomic E-state index is -0.722. The van der Waals surface area contributed by atoms with E-state index < -0.39 is 5.60 Å². The van der Waals surface area contributed by atoms with E-state index in [4.69, 9.17) is 0 Å². The first kappa shape index (κ1) is 13.1. The summed E-state index contributed by atoms with van der Waals surface area (Å²) in [6.07, 6.45) is 4.32. The minimum absolute atomic E-state index is 0.104. The molecule has 5 atom stereocenters. The third-order valence-electron chi connectivity index (χ3n) is 5.22. The smallest absolute Gasteiger partial charge is 0.0677 e. The zero-order chi connectivity index (χ0) is 12.8. The number of hydrogen-bond donors (Lipinski definition) is 2. The number of hydrogen-bond acceptors (Lipinski definition) is 2. The van der Waals surface area contributed by atoms with Crippen LogP contribution in [0.1, 0.15) is 52.9 Å². The van der Waals surface area contributed by atoms with Crippen LogP contribution in [-0.2, 0) is 0 Å². The molecule has 98 valence electrons. The van der Waals surface area contributed by atoms with Gasteiger partial charge in [0.2, 0.25) is 0 Å². The molecule has 0 bridgehead atoms. The summed E-state index contributed by atoms with van der Waals surface area (Å²) in [7, 11) is 0. The molecule has 2 rings (SSSR count). The van der Waals surface area contributed by atoms with E-state index in [9.17, 15) is 10.2 Å². The van der Waals surface area contributed by atoms with E-state index in [1.54, 1.807) is 0 Å². The van der Waals surface area contributed by atoms with Gasteiger partial charge < -0.3 is 10.2 Å². The number of rotatable bonds is 1. The highest BCUT2D eigenvalue weighted by molar-refractivity contribution is 5.08. The molecule has 0 unspecified atom stereocenters. The molecule has 2 aliphatic rings. The fourth-order valence-electron chi connectivity index (χ4n) is 4.29. The fraction of sp³-hybridized carbons (Fsp3) is 0.867. The lowest BCUT2D eigenvalue weighted by atomic mass is 9.52. The molecule has 0 aromatic rings. The molecule has 2 saturated carbocycles. The summed E-state index contributed by atoms with van der Waals surface area (Å²) >= 11 is 0. The summed E-state index contributed by atoms with van der Waals surface area (Å²) in [6.45, 7) is 10.3. The molecule has 2 heteroatoms. The first-order chi connectivity index (χ1) is 7.74. The highest BCUT2D eigenvalue weighted by Crippen LogP contribution is 2.56. The van der Waals surface area contributed by atoms with Gasteiger partial charge in [-0.05, 0) is 56.8 Å². The molecule has 0 aromatic carbocycles. The molecule has 0 spiro atoms. The molecular weight excluding hydrogens is 212 g/mol. The summed E-state index contributed by atoms with van der Waals surface area (Å²) < 4.78 is 0. The van der Waals surface area contributed by atoms with Crippen LogP contribution in [0.15, 0.2) is 12.2 Å². The lowest BCUT2D eigenvalue weighted by Crippen LogP contribution is -2.55. The maximum Gasteiger partial charge on any atom is 0.0677 e. The zero-order valence-corrected chi connectivity index (χ0v) is 11.4. The van der Waals surface area contributed by atoms with Gasteiger partial charge in [-0.25, -0.2) is 0 Å². The van der Waals surface area contributed by atoms with Crippen molar-refractivity contribution in [3.8, 4) is 0 Å². The Morgan fingerprint density at radius 2 is 1.94 bits per heavy atom. The van der Waals surface area contributed by atoms with Crippen LogP contribution in [0.25, 0.3) is 0 Å². The largest absolute Gasteiger partial charge is 0.393 e. The Kier molecular flexibility index (Phi) is 3.16. The van der Waals surface area contributed by atoms with Gasteiger partial charge in [0.05, 0.1) is 11.7 Å². The standard InChI is InChI=1S/C15H26O2/c1-10(2)11-5-6-14(3)8-12(16)9-15(4,17)13(14)7-11/h11-13,16-17H,1,5-9H2,2-4H3/t11-,12-,13-,14+,15-/m1/s1. The summed E-state index contributed by atoms with van der Waals surface area (Å²) in [6, 6.07) is 0. The van der Waals surface area contributed by atoms with Crippen molar-refractivity contribution in [3.05, 3.63) is 12.2 Å². The van der Waals surface area contributed by atoms with E-state index in [0.29, 0.717) is 18.3 Å². The van der Waals surface area contributed by atoms with E-state index in [-0.39, 0.29) is 11.5 Å². The average Bonchev–Trinajstić information content (AvgIpc) is 2.13. The molecule has 0 radical (unpaired) electrons. The Morgan fingerprint density at radius 3 is 2.53 bits per heavy atom. The third kappa shape index (κ3) is 2.30. The summed E-state index contributed by atoms with van der Waals surface area (Å²) in [5.41, 5.74) is 0.627. The number of fused-ring (bicyclic) bond motifs is 1. The second-order valence-corrected chi connectivity index (χ2v) is 6.94. The number of aliphatic hydroxyl groups is 2. The highest BCUT2D eigenvalue weighted by atomic mass is 16.3. The van der Waals surface area contributed by atoms with Crippen molar-refractivity contribution in [1.82, 2.24) is 0 Å². The normalized spacial score (nSPS) is 50.8. The van der Waals surface area contributed by atoms with Crippen LogP contribution in [-0.4, -0.2) is 21.9 Å². The van der Waals surface area contributed by atoms with Crippen molar-refractivity contribution in [2.75, 3.05) is 0 Å². The summed E-state index contributed by atoms with van der Waals surface area (Å²) in [5, 5.41) is 20.6. The monoisotopic (exact) mass is 238 g/mol. The van der Waals surface area contributed by atoms with Gasteiger partial charge in [-0.15, -0.1) is 0 Å². The van der Waals surface area contributed by atoms with Gasteiger partial charge in [0.1, 0.15) is 0 Å². The maximum atomic E-state index is 10.6. The van der Waals surface area contributed by atoms with Crippen molar-refractivity contribution in [1.29, 1.82) is 0 Å². The van der Waals surface area contributed by atoms with Gasteiger partial charge in [0.15, 0.2) is 0 Å². The van der Waals surface area contributed by atoms with Crippen LogP contribution in [0, 0.1) is 17.3 Å². The maximum absolute atomic E-state index is 10.6. The molecule has 17 heavy (non-hydrogen) atoms. The van der Waals surface area contributed by atoms with Crippen LogP contribution in [0.4, 0.5) is 0 Å². The molecule has 0 amide bonds. The van der Waals surface area contributed by atoms with Crippen LogP contribution in [0.5, 0.6) is 0 Å². The summed E-state index contributed by atoms with van der Waals surface area (Å²) in [5.74, 6) is 0.851. The molecule has 0 saturated heterocycles. The number of aliphatic hydroxyl groups excluding tert-OH is 1. The predicted molar refractivity (Wildman–Crippen MR) is 69.6 cm³/mol. The van der Waals surface area contributed by atoms with Crippen LogP contribution in [0.2, 0.25) is 0 Å². The van der Waals surface area contributed by atoms with Gasteiger partial charge in [-0.1, -0.05) is 19.1 Å². The molecule has 0 aliphatic heterocycles. The van der Waals surface area contributed by atoms with E-state index in [0.717, 1.165) is 25.7 Å². The SMILES string of the molecule is C=C(C)[C@@H]1CC[C@@]2(C)C[C@@H](O)C[C@@](C)(O)[C@@H]2C1. The van der Waals surface area contributed by atoms with E-state index in [1.165, 1.54) is 5.57 Å². The molecular formula is C15H26O2. The number of allylic oxidation sites excluding steroid dienone is 1. The van der Waals surface area contributed by atoms with Crippen molar-refractivity contribution < 1.29 is 10.2 Å². The van der Waals surface area contributed by atoms with E-state index in [1.807, 2.05) is 6.92 Å². The van der Waals surface area contributed by atoms with Crippen molar-refractivity contribution >= 4 is 0 Å². The Labute approximate surface area is 105 Å². The highest BCUT2D eigenvalue weighted by Gasteiger charge is 2.53. The Hall–Kier alpha value is -0.340. The topological polar surface area (TPSA) is 40.5 Å². The Balaban J connectivity index is 2.24. The van der Waals surface area contributed by atoms with Crippen molar-refractivity contribution in [2.24, 2.45) is 17.3 Å². The molecule has 0 heterocycles. The molecule has 2 N–H and O–H groups in total.